The predicted octanol–water partition coefficient (Wildman–Crippen LogP) is 1.62. The molecule has 122 valence electrons. The Kier molecular flexibility index (Phi) is 5.34. The highest BCUT2D eigenvalue weighted by Gasteiger charge is 2.50. The number of allylic oxidation sites excluding steroid dienone is 1. The second-order valence-corrected chi connectivity index (χ2v) is 6.42. The highest BCUT2D eigenvalue weighted by molar-refractivity contribution is 6.19. The van der Waals surface area contributed by atoms with Gasteiger partial charge in [0.05, 0.1) is 0 Å². The summed E-state index contributed by atoms with van der Waals surface area (Å²) < 4.78 is 0. The zero-order chi connectivity index (χ0) is 16.2. The number of imide groups is 2. The molecule has 1 aliphatic heterocycles. The molecule has 4 amide bonds. The summed E-state index contributed by atoms with van der Waals surface area (Å²) in [7, 11) is 0. The Morgan fingerprint density at radius 2 is 1.82 bits per heavy atom. The third kappa shape index (κ3) is 3.55. The molecule has 2 rings (SSSR count). The fraction of sp³-hybridized carbons (Fsp3) is 0.688. The van der Waals surface area contributed by atoms with Gasteiger partial charge in [-0.1, -0.05) is 25.3 Å². The van der Waals surface area contributed by atoms with E-state index in [-0.39, 0.29) is 12.5 Å². The van der Waals surface area contributed by atoms with Crippen molar-refractivity contribution in [1.29, 1.82) is 0 Å². The van der Waals surface area contributed by atoms with Crippen molar-refractivity contribution in [2.45, 2.75) is 64.0 Å². The minimum absolute atomic E-state index is 0.00718. The van der Waals surface area contributed by atoms with Gasteiger partial charge < -0.3 is 5.32 Å². The number of barbiturate groups is 1. The van der Waals surface area contributed by atoms with Gasteiger partial charge in [0.2, 0.25) is 11.8 Å². The molecule has 0 bridgehead atoms. The molecule has 1 saturated heterocycles. The van der Waals surface area contributed by atoms with E-state index in [0.29, 0.717) is 12.5 Å². The van der Waals surface area contributed by atoms with E-state index in [0.717, 1.165) is 12.8 Å². The van der Waals surface area contributed by atoms with E-state index < -0.39 is 23.3 Å². The van der Waals surface area contributed by atoms with Crippen LogP contribution < -0.4 is 16.0 Å². The zero-order valence-electron chi connectivity index (χ0n) is 13.1. The van der Waals surface area contributed by atoms with Crippen LogP contribution in [0, 0.1) is 5.41 Å². The first-order valence-electron chi connectivity index (χ1n) is 8.02. The minimum Gasteiger partial charge on any atom is -0.311 e. The van der Waals surface area contributed by atoms with Crippen LogP contribution in [0.1, 0.15) is 51.9 Å². The molecule has 6 heteroatoms. The molecule has 0 radical (unpaired) electrons. The van der Waals surface area contributed by atoms with E-state index in [4.69, 9.17) is 0 Å². The quantitative estimate of drug-likeness (QED) is 0.514. The monoisotopic (exact) mass is 307 g/mol. The van der Waals surface area contributed by atoms with E-state index in [1.807, 2.05) is 6.92 Å². The van der Waals surface area contributed by atoms with Crippen LogP contribution in [0.3, 0.4) is 0 Å². The Hall–Kier alpha value is -1.69. The Morgan fingerprint density at radius 1 is 1.23 bits per heavy atom. The summed E-state index contributed by atoms with van der Waals surface area (Å²) in [5, 5.41) is 7.94. The number of rotatable bonds is 6. The summed E-state index contributed by atoms with van der Waals surface area (Å²) in [6, 6.07) is -0.295. The van der Waals surface area contributed by atoms with Crippen LogP contribution in [-0.4, -0.2) is 29.9 Å². The van der Waals surface area contributed by atoms with Gasteiger partial charge in [0, 0.05) is 12.1 Å². The average molecular weight is 307 g/mol. The van der Waals surface area contributed by atoms with Gasteiger partial charge in [-0.15, -0.1) is 6.58 Å². The van der Waals surface area contributed by atoms with Crippen molar-refractivity contribution in [2.24, 2.45) is 5.41 Å². The SMILES string of the molecule is C=CCC1(CC(C)NC2CCCCC2)C(=O)NC(=O)NC1=O. The first-order chi connectivity index (χ1) is 10.5. The smallest absolute Gasteiger partial charge is 0.311 e. The lowest BCUT2D eigenvalue weighted by molar-refractivity contribution is -0.145. The van der Waals surface area contributed by atoms with Crippen molar-refractivity contribution in [3.63, 3.8) is 0 Å². The van der Waals surface area contributed by atoms with Gasteiger partial charge in [0.25, 0.3) is 0 Å². The van der Waals surface area contributed by atoms with Crippen molar-refractivity contribution in [3.05, 3.63) is 12.7 Å². The van der Waals surface area contributed by atoms with Crippen LogP contribution in [0.15, 0.2) is 12.7 Å². The zero-order valence-corrected chi connectivity index (χ0v) is 13.1. The summed E-state index contributed by atoms with van der Waals surface area (Å²) in [4.78, 5) is 35.8. The predicted molar refractivity (Wildman–Crippen MR) is 83.0 cm³/mol. The van der Waals surface area contributed by atoms with Crippen molar-refractivity contribution < 1.29 is 14.4 Å². The topological polar surface area (TPSA) is 87.3 Å². The largest absolute Gasteiger partial charge is 0.328 e. The van der Waals surface area contributed by atoms with Crippen molar-refractivity contribution in [2.75, 3.05) is 0 Å². The van der Waals surface area contributed by atoms with Crippen molar-refractivity contribution in [3.8, 4) is 0 Å². The van der Waals surface area contributed by atoms with Crippen molar-refractivity contribution >= 4 is 17.8 Å². The lowest BCUT2D eigenvalue weighted by atomic mass is 9.75. The van der Waals surface area contributed by atoms with Gasteiger partial charge in [-0.2, -0.15) is 0 Å². The van der Waals surface area contributed by atoms with Gasteiger partial charge in [0.15, 0.2) is 0 Å². The fourth-order valence-electron chi connectivity index (χ4n) is 3.53. The van der Waals surface area contributed by atoms with Gasteiger partial charge in [0.1, 0.15) is 5.41 Å². The summed E-state index contributed by atoms with van der Waals surface area (Å²) in [6.45, 7) is 5.63. The van der Waals surface area contributed by atoms with Crippen LogP contribution in [-0.2, 0) is 9.59 Å². The Bertz CT molecular complexity index is 449. The maximum Gasteiger partial charge on any atom is 0.328 e. The summed E-state index contributed by atoms with van der Waals surface area (Å²) in [5.74, 6) is -1.06. The molecule has 22 heavy (non-hydrogen) atoms. The van der Waals surface area contributed by atoms with E-state index in [9.17, 15) is 14.4 Å². The molecule has 0 aromatic rings. The van der Waals surface area contributed by atoms with Gasteiger partial charge >= 0.3 is 6.03 Å². The van der Waals surface area contributed by atoms with Gasteiger partial charge in [-0.05, 0) is 32.6 Å². The second-order valence-electron chi connectivity index (χ2n) is 6.42. The average Bonchev–Trinajstić information content (AvgIpc) is 2.45. The Labute approximate surface area is 131 Å². The molecule has 1 unspecified atom stereocenters. The first kappa shape index (κ1) is 16.7. The van der Waals surface area contributed by atoms with Crippen LogP contribution in [0.25, 0.3) is 0 Å². The summed E-state index contributed by atoms with van der Waals surface area (Å²) in [6.07, 6.45) is 8.11. The number of urea groups is 1. The molecular weight excluding hydrogens is 282 g/mol. The number of hydrogen-bond acceptors (Lipinski definition) is 4. The van der Waals surface area contributed by atoms with E-state index in [1.165, 1.54) is 19.3 Å². The van der Waals surface area contributed by atoms with Gasteiger partial charge in [-0.3, -0.25) is 20.2 Å². The Morgan fingerprint density at radius 3 is 2.36 bits per heavy atom. The number of nitrogens with one attached hydrogen (secondary N) is 3. The molecule has 0 aromatic carbocycles. The van der Waals surface area contributed by atoms with E-state index >= 15 is 0 Å². The molecular formula is C16H25N3O3. The summed E-state index contributed by atoms with van der Waals surface area (Å²) >= 11 is 0. The molecule has 0 aromatic heterocycles. The van der Waals surface area contributed by atoms with Crippen LogP contribution in [0.4, 0.5) is 4.79 Å². The molecule has 2 aliphatic rings. The number of amides is 4. The molecule has 0 spiro atoms. The molecule has 3 N–H and O–H groups in total. The molecule has 1 atom stereocenters. The maximum absolute atomic E-state index is 12.3. The lowest BCUT2D eigenvalue weighted by Crippen LogP contribution is -2.63. The molecule has 1 aliphatic carbocycles. The maximum atomic E-state index is 12.3. The third-order valence-electron chi connectivity index (χ3n) is 4.60. The first-order valence-corrected chi connectivity index (χ1v) is 8.02. The normalized spacial score (nSPS) is 23.6. The highest BCUT2D eigenvalue weighted by atomic mass is 16.2. The standard InChI is InChI=1S/C16H25N3O3/c1-3-9-16(13(20)18-15(22)19-14(16)21)10-11(2)17-12-7-5-4-6-8-12/h3,11-12,17H,1,4-10H2,2H3,(H2,18,19,20,21,22). The number of carbonyl (C=O) groups is 3. The number of carbonyl (C=O) groups excluding carboxylic acids is 3. The lowest BCUT2D eigenvalue weighted by Gasteiger charge is -2.36. The van der Waals surface area contributed by atoms with Gasteiger partial charge in [-0.25, -0.2) is 4.79 Å². The van der Waals surface area contributed by atoms with Crippen molar-refractivity contribution in [1.82, 2.24) is 16.0 Å². The fourth-order valence-corrected chi connectivity index (χ4v) is 3.53. The minimum atomic E-state index is -1.25. The van der Waals surface area contributed by atoms with E-state index in [1.54, 1.807) is 6.08 Å². The van der Waals surface area contributed by atoms with Crippen LogP contribution in [0.5, 0.6) is 0 Å². The summed E-state index contributed by atoms with van der Waals surface area (Å²) in [5.41, 5.74) is -1.25. The molecule has 1 heterocycles. The third-order valence-corrected chi connectivity index (χ3v) is 4.60. The number of hydrogen-bond donors (Lipinski definition) is 3. The molecule has 6 nitrogen and oxygen atoms in total. The Balaban J connectivity index is 2.06. The molecule has 2 fully saturated rings. The highest BCUT2D eigenvalue weighted by Crippen LogP contribution is 2.32. The molecule has 1 saturated carbocycles. The van der Waals surface area contributed by atoms with Crippen LogP contribution >= 0.6 is 0 Å². The van der Waals surface area contributed by atoms with E-state index in [2.05, 4.69) is 22.5 Å². The van der Waals surface area contributed by atoms with Crippen LogP contribution in [0.2, 0.25) is 0 Å². The second kappa shape index (κ2) is 7.05.